The number of benzene rings is 1. The second-order valence-corrected chi connectivity index (χ2v) is 8.78. The Labute approximate surface area is 142 Å². The highest BCUT2D eigenvalue weighted by Crippen LogP contribution is 2.66. The van der Waals surface area contributed by atoms with Crippen LogP contribution in [0, 0.1) is 11.3 Å². The first kappa shape index (κ1) is 15.8. The average molecular weight is 330 g/mol. The fourth-order valence-electron chi connectivity index (χ4n) is 5.55. The van der Waals surface area contributed by atoms with Crippen molar-refractivity contribution >= 4 is 5.97 Å². The second-order valence-electron chi connectivity index (χ2n) is 8.78. The van der Waals surface area contributed by atoms with Gasteiger partial charge in [0.15, 0.2) is 11.5 Å². The second kappa shape index (κ2) is 4.68. The molecule has 5 rings (SSSR count). The lowest BCUT2D eigenvalue weighted by Crippen LogP contribution is -2.59. The fraction of sp³-hybridized carbons (Fsp3) is 0.650. The molecule has 4 aliphatic rings. The maximum atomic E-state index is 12.9. The van der Waals surface area contributed by atoms with Gasteiger partial charge in [0.1, 0.15) is 11.5 Å². The van der Waals surface area contributed by atoms with E-state index in [-0.39, 0.29) is 40.8 Å². The van der Waals surface area contributed by atoms with Crippen LogP contribution in [0.15, 0.2) is 6.07 Å². The zero-order chi connectivity index (χ0) is 17.4. The number of aromatic hydroxyl groups is 2. The van der Waals surface area contributed by atoms with Crippen molar-refractivity contribution in [3.63, 3.8) is 0 Å². The zero-order valence-electron chi connectivity index (χ0n) is 14.8. The first-order valence-electron chi connectivity index (χ1n) is 9.00. The molecule has 0 radical (unpaired) electrons. The van der Waals surface area contributed by atoms with Crippen molar-refractivity contribution in [3.8, 4) is 11.5 Å². The van der Waals surface area contributed by atoms with E-state index in [0.717, 1.165) is 30.4 Å². The zero-order valence-corrected chi connectivity index (χ0v) is 14.8. The van der Waals surface area contributed by atoms with Gasteiger partial charge in [0.25, 0.3) is 0 Å². The van der Waals surface area contributed by atoms with Gasteiger partial charge >= 0.3 is 5.97 Å². The summed E-state index contributed by atoms with van der Waals surface area (Å²) in [5, 5.41) is 21.4. The van der Waals surface area contributed by atoms with Crippen LogP contribution in [0.4, 0.5) is 0 Å². The normalized spacial score (nSPS) is 33.1. The Morgan fingerprint density at radius 2 is 1.92 bits per heavy atom. The Morgan fingerprint density at radius 3 is 2.58 bits per heavy atom. The van der Waals surface area contributed by atoms with Crippen LogP contribution >= 0.6 is 0 Å². The van der Waals surface area contributed by atoms with E-state index < -0.39 is 5.41 Å². The van der Waals surface area contributed by atoms with Crippen molar-refractivity contribution in [2.24, 2.45) is 11.3 Å². The number of ether oxygens (including phenoxy) is 1. The molecule has 2 heterocycles. The van der Waals surface area contributed by atoms with Crippen LogP contribution in [-0.2, 0) is 14.9 Å². The highest BCUT2D eigenvalue weighted by Gasteiger charge is 2.65. The smallest absolute Gasteiger partial charge is 0.317 e. The molecule has 24 heavy (non-hydrogen) atoms. The van der Waals surface area contributed by atoms with E-state index >= 15 is 0 Å². The summed E-state index contributed by atoms with van der Waals surface area (Å²) >= 11 is 0. The van der Waals surface area contributed by atoms with E-state index in [1.165, 1.54) is 0 Å². The molecule has 0 aromatic heterocycles. The molecule has 1 spiro atoms. The molecule has 2 aliphatic carbocycles. The van der Waals surface area contributed by atoms with E-state index in [1.807, 2.05) is 19.9 Å². The molecular formula is C20H26O4. The quantitative estimate of drug-likeness (QED) is 0.595. The van der Waals surface area contributed by atoms with Gasteiger partial charge in [-0.15, -0.1) is 0 Å². The molecule has 2 aliphatic heterocycles. The lowest BCUT2D eigenvalue weighted by Gasteiger charge is -2.58. The molecule has 2 N–H and O–H groups in total. The number of hydrogen-bond acceptors (Lipinski definition) is 4. The molecule has 1 saturated carbocycles. The highest BCUT2D eigenvalue weighted by molar-refractivity contribution is 5.89. The minimum Gasteiger partial charge on any atom is -0.504 e. The molecule has 3 atom stereocenters. The summed E-state index contributed by atoms with van der Waals surface area (Å²) in [6, 6.07) is 1.95. The van der Waals surface area contributed by atoms with Crippen molar-refractivity contribution in [1.82, 2.24) is 0 Å². The van der Waals surface area contributed by atoms with E-state index in [9.17, 15) is 15.0 Å². The van der Waals surface area contributed by atoms with Gasteiger partial charge < -0.3 is 14.9 Å². The summed E-state index contributed by atoms with van der Waals surface area (Å²) in [5.41, 5.74) is 1.49. The van der Waals surface area contributed by atoms with Crippen LogP contribution in [0.25, 0.3) is 0 Å². The van der Waals surface area contributed by atoms with E-state index in [4.69, 9.17) is 4.74 Å². The number of carbonyl (C=O) groups excluding carboxylic acids is 1. The third-order valence-electron chi connectivity index (χ3n) is 6.74. The summed E-state index contributed by atoms with van der Waals surface area (Å²) in [6.07, 6.45) is 3.20. The first-order valence-corrected chi connectivity index (χ1v) is 9.00. The number of carbonyl (C=O) groups is 1. The molecule has 4 heteroatoms. The molecule has 0 unspecified atom stereocenters. The van der Waals surface area contributed by atoms with Gasteiger partial charge in [0, 0.05) is 16.7 Å². The van der Waals surface area contributed by atoms with Crippen molar-refractivity contribution in [3.05, 3.63) is 22.8 Å². The molecule has 130 valence electrons. The molecular weight excluding hydrogens is 304 g/mol. The van der Waals surface area contributed by atoms with Crippen molar-refractivity contribution < 1.29 is 19.7 Å². The van der Waals surface area contributed by atoms with Crippen LogP contribution in [0.5, 0.6) is 11.5 Å². The Kier molecular flexibility index (Phi) is 3.08. The number of esters is 1. The topological polar surface area (TPSA) is 66.8 Å². The maximum Gasteiger partial charge on any atom is 0.317 e. The lowest BCUT2D eigenvalue weighted by atomic mass is 9.47. The molecule has 1 aromatic carbocycles. The summed E-state index contributed by atoms with van der Waals surface area (Å²) in [5.74, 6) is -0.141. The van der Waals surface area contributed by atoms with Crippen LogP contribution in [0.2, 0.25) is 0 Å². The molecule has 2 fully saturated rings. The Balaban J connectivity index is 2.02. The van der Waals surface area contributed by atoms with Gasteiger partial charge in [-0.1, -0.05) is 34.1 Å². The van der Waals surface area contributed by atoms with Crippen LogP contribution in [0.1, 0.15) is 82.1 Å². The van der Waals surface area contributed by atoms with Gasteiger partial charge in [-0.2, -0.15) is 0 Å². The van der Waals surface area contributed by atoms with Gasteiger partial charge in [0.2, 0.25) is 0 Å². The molecule has 1 aromatic rings. The predicted octanol–water partition coefficient (Wildman–Crippen LogP) is 4.29. The number of hydrogen-bond donors (Lipinski definition) is 2. The van der Waals surface area contributed by atoms with E-state index in [1.54, 1.807) is 0 Å². The molecule has 4 nitrogen and oxygen atoms in total. The van der Waals surface area contributed by atoms with Gasteiger partial charge in [0.05, 0.1) is 0 Å². The van der Waals surface area contributed by atoms with E-state index in [2.05, 4.69) is 13.8 Å². The highest BCUT2D eigenvalue weighted by atomic mass is 16.5. The summed E-state index contributed by atoms with van der Waals surface area (Å²) in [7, 11) is 0. The van der Waals surface area contributed by atoms with Gasteiger partial charge in [-0.3, -0.25) is 4.79 Å². The van der Waals surface area contributed by atoms with Crippen LogP contribution < -0.4 is 0 Å². The summed E-state index contributed by atoms with van der Waals surface area (Å²) in [6.45, 7) is 8.40. The molecule has 0 amide bonds. The van der Waals surface area contributed by atoms with Crippen molar-refractivity contribution in [2.75, 3.05) is 0 Å². The van der Waals surface area contributed by atoms with Gasteiger partial charge in [-0.25, -0.2) is 0 Å². The van der Waals surface area contributed by atoms with Crippen molar-refractivity contribution in [1.29, 1.82) is 0 Å². The summed E-state index contributed by atoms with van der Waals surface area (Å²) < 4.78 is 5.76. The van der Waals surface area contributed by atoms with Gasteiger partial charge in [-0.05, 0) is 42.6 Å². The maximum absolute atomic E-state index is 12.9. The number of phenols is 2. The number of rotatable bonds is 1. The SMILES string of the molecule is CC(C)c1cc2c(c(O)c1O)[C@]13CCCC(C)(C)[C@H]1C[C@H]2OC3=O. The molecule has 2 bridgehead atoms. The molecule has 1 saturated heterocycles. The standard InChI is InChI=1S/C20H26O4/c1-10(2)11-8-12-13-9-14-19(3,4)6-5-7-20(14,18(23)24-13)15(12)17(22)16(11)21/h8,10,13-14,21-22H,5-7,9H2,1-4H3/t13-,14-,20+/m1/s1. The largest absolute Gasteiger partial charge is 0.504 e. The Bertz CT molecular complexity index is 734. The third kappa shape index (κ3) is 1.72. The monoisotopic (exact) mass is 330 g/mol. The van der Waals surface area contributed by atoms with Crippen LogP contribution in [0.3, 0.4) is 0 Å². The number of fused-ring (bicyclic) bond motifs is 1. The fourth-order valence-corrected chi connectivity index (χ4v) is 5.55. The summed E-state index contributed by atoms with van der Waals surface area (Å²) in [4.78, 5) is 12.9. The Morgan fingerprint density at radius 1 is 1.21 bits per heavy atom. The Hall–Kier alpha value is -1.71. The van der Waals surface area contributed by atoms with Crippen molar-refractivity contribution in [2.45, 2.75) is 70.8 Å². The predicted molar refractivity (Wildman–Crippen MR) is 90.1 cm³/mol. The first-order chi connectivity index (χ1) is 11.2. The average Bonchev–Trinajstić information content (AvgIpc) is 2.50. The van der Waals surface area contributed by atoms with E-state index in [0.29, 0.717) is 12.0 Å². The van der Waals surface area contributed by atoms with Crippen LogP contribution in [-0.4, -0.2) is 16.2 Å². The number of phenolic OH excluding ortho intramolecular Hbond substituents is 2. The minimum absolute atomic E-state index is 0.0202. The lowest BCUT2D eigenvalue weighted by molar-refractivity contribution is -0.185. The minimum atomic E-state index is -0.803. The third-order valence-corrected chi connectivity index (χ3v) is 6.74.